The third-order valence-electron chi connectivity index (χ3n) is 7.44. The van der Waals surface area contributed by atoms with E-state index in [0.717, 1.165) is 83.5 Å². The zero-order chi connectivity index (χ0) is 34.4. The van der Waals surface area contributed by atoms with Crippen molar-refractivity contribution in [2.45, 2.75) is 148 Å². The van der Waals surface area contributed by atoms with E-state index in [2.05, 4.69) is 38.2 Å². The third kappa shape index (κ3) is 32.4. The second-order valence-corrected chi connectivity index (χ2v) is 14.6. The summed E-state index contributed by atoms with van der Waals surface area (Å²) in [4.78, 5) is 37.2. The van der Waals surface area contributed by atoms with E-state index in [9.17, 15) is 19.0 Å². The molecule has 2 atom stereocenters. The van der Waals surface area contributed by atoms with Crippen LogP contribution in [0.1, 0.15) is 142 Å². The molecule has 0 saturated carbocycles. The minimum absolute atomic E-state index is 0.0332. The Kier molecular flexibility index (Phi) is 28.6. The summed E-state index contributed by atoms with van der Waals surface area (Å²) >= 11 is 0. The summed E-state index contributed by atoms with van der Waals surface area (Å²) in [6.07, 6.45) is 27.8. The monoisotopic (exact) mass is 673 g/mol. The molecule has 46 heavy (non-hydrogen) atoms. The zero-order valence-corrected chi connectivity index (χ0v) is 30.9. The van der Waals surface area contributed by atoms with Crippen LogP contribution in [0.3, 0.4) is 0 Å². The number of likely N-dealkylation sites (N-methyl/N-ethyl adjacent to an activating group) is 1. The topological polar surface area (TPSA) is 111 Å². The van der Waals surface area contributed by atoms with Crippen molar-refractivity contribution in [3.8, 4) is 0 Å². The summed E-state index contributed by atoms with van der Waals surface area (Å²) in [6.45, 7) is 4.10. The average molecular weight is 674 g/mol. The van der Waals surface area contributed by atoms with Crippen LogP contribution in [-0.2, 0) is 32.7 Å². The number of hydrogen-bond acceptors (Lipinski definition) is 8. The summed E-state index contributed by atoms with van der Waals surface area (Å²) < 4.78 is 33.6. The van der Waals surface area contributed by atoms with Gasteiger partial charge in [-0.3, -0.25) is 14.2 Å². The van der Waals surface area contributed by atoms with Gasteiger partial charge in [0.25, 0.3) is 7.82 Å². The Labute approximate surface area is 281 Å². The van der Waals surface area contributed by atoms with Crippen LogP contribution in [0.4, 0.5) is 0 Å². The third-order valence-corrected chi connectivity index (χ3v) is 8.41. The van der Waals surface area contributed by atoms with Gasteiger partial charge in [0.1, 0.15) is 19.8 Å². The molecule has 0 aliphatic rings. The highest BCUT2D eigenvalue weighted by Gasteiger charge is 2.21. The van der Waals surface area contributed by atoms with Crippen LogP contribution in [0.15, 0.2) is 24.3 Å². The van der Waals surface area contributed by atoms with Gasteiger partial charge < -0.3 is 27.9 Å². The van der Waals surface area contributed by atoms with Gasteiger partial charge in [0.15, 0.2) is 6.10 Å². The largest absolute Gasteiger partial charge is 0.756 e. The number of unbranched alkanes of at least 4 members (excludes halogenated alkanes) is 14. The fourth-order valence-electron chi connectivity index (χ4n) is 4.50. The molecule has 0 amide bonds. The van der Waals surface area contributed by atoms with E-state index in [-0.39, 0.29) is 26.1 Å². The summed E-state index contributed by atoms with van der Waals surface area (Å²) in [5, 5.41) is 0. The second-order valence-electron chi connectivity index (χ2n) is 13.2. The van der Waals surface area contributed by atoms with Crippen LogP contribution < -0.4 is 4.89 Å². The van der Waals surface area contributed by atoms with Crippen LogP contribution in [-0.4, -0.2) is 70.0 Å². The molecule has 9 nitrogen and oxygen atoms in total. The van der Waals surface area contributed by atoms with E-state index in [1.165, 1.54) is 25.7 Å². The lowest BCUT2D eigenvalue weighted by Crippen LogP contribution is -2.37. The van der Waals surface area contributed by atoms with Crippen LogP contribution in [0, 0.1) is 0 Å². The number of phosphoric acid groups is 1. The molecule has 10 heteroatoms. The zero-order valence-electron chi connectivity index (χ0n) is 30.0. The van der Waals surface area contributed by atoms with Gasteiger partial charge in [0, 0.05) is 12.8 Å². The molecule has 0 saturated heterocycles. The highest BCUT2D eigenvalue weighted by Crippen LogP contribution is 2.38. The van der Waals surface area contributed by atoms with Crippen LogP contribution in [0.5, 0.6) is 0 Å². The van der Waals surface area contributed by atoms with E-state index in [0.29, 0.717) is 17.4 Å². The van der Waals surface area contributed by atoms with Gasteiger partial charge in [-0.25, -0.2) is 0 Å². The predicted octanol–water partition coefficient (Wildman–Crippen LogP) is 8.60. The number of ether oxygens (including phenoxy) is 2. The summed E-state index contributed by atoms with van der Waals surface area (Å²) in [7, 11) is 1.15. The van der Waals surface area contributed by atoms with Crippen LogP contribution >= 0.6 is 7.82 Å². The molecule has 0 spiro atoms. The number of hydrogen-bond donors (Lipinski definition) is 0. The Bertz CT molecular complexity index is 855. The van der Waals surface area contributed by atoms with Gasteiger partial charge in [0.2, 0.25) is 0 Å². The lowest BCUT2D eigenvalue weighted by Gasteiger charge is -2.28. The fourth-order valence-corrected chi connectivity index (χ4v) is 5.22. The van der Waals surface area contributed by atoms with Crippen molar-refractivity contribution in [2.24, 2.45) is 0 Å². The van der Waals surface area contributed by atoms with Gasteiger partial charge in [-0.05, 0) is 51.4 Å². The molecule has 270 valence electrons. The molecule has 0 aromatic carbocycles. The average Bonchev–Trinajstić information content (AvgIpc) is 2.99. The van der Waals surface area contributed by atoms with Gasteiger partial charge in [0.05, 0.1) is 27.7 Å². The van der Waals surface area contributed by atoms with Crippen LogP contribution in [0.2, 0.25) is 0 Å². The number of nitrogens with zero attached hydrogens (tertiary/aromatic N) is 1. The normalized spacial score (nSPS) is 14.1. The highest BCUT2D eigenvalue weighted by atomic mass is 31.2. The summed E-state index contributed by atoms with van der Waals surface area (Å²) in [5.41, 5.74) is 0. The molecule has 0 aromatic rings. The first-order valence-electron chi connectivity index (χ1n) is 18.0. The Morgan fingerprint density at radius 1 is 0.652 bits per heavy atom. The summed E-state index contributed by atoms with van der Waals surface area (Å²) in [6, 6.07) is 0. The molecule has 0 aliphatic heterocycles. The van der Waals surface area contributed by atoms with Gasteiger partial charge in [-0.15, -0.1) is 0 Å². The van der Waals surface area contributed by atoms with E-state index >= 15 is 0 Å². The van der Waals surface area contributed by atoms with E-state index in [1.807, 2.05) is 21.1 Å². The smallest absolute Gasteiger partial charge is 0.306 e. The minimum Gasteiger partial charge on any atom is -0.756 e. The molecule has 0 radical (unpaired) electrons. The lowest BCUT2D eigenvalue weighted by atomic mass is 10.1. The first kappa shape index (κ1) is 44.5. The Morgan fingerprint density at radius 3 is 1.61 bits per heavy atom. The Balaban J connectivity index is 4.50. The molecule has 0 N–H and O–H groups in total. The van der Waals surface area contributed by atoms with Gasteiger partial charge in [-0.1, -0.05) is 102 Å². The maximum atomic E-state index is 12.5. The van der Waals surface area contributed by atoms with Crippen molar-refractivity contribution >= 4 is 19.8 Å². The number of carbonyl (C=O) groups excluding carboxylic acids is 2. The molecular weight excluding hydrogens is 605 g/mol. The van der Waals surface area contributed by atoms with Crippen molar-refractivity contribution in [1.29, 1.82) is 0 Å². The standard InChI is InChI=1S/C36H68NO8P/c1-6-8-10-12-14-16-18-20-22-24-26-28-35(38)42-32-34(33-44-46(40,41)43-31-30-37(3,4)5)45-36(39)29-27-25-23-21-19-17-15-13-11-9-7-2/h12-15,34H,6-11,16-33H2,1-5H3. The number of esters is 2. The van der Waals surface area contributed by atoms with Crippen molar-refractivity contribution in [3.05, 3.63) is 24.3 Å². The number of rotatable bonds is 32. The van der Waals surface area contributed by atoms with Crippen molar-refractivity contribution in [1.82, 2.24) is 0 Å². The summed E-state index contributed by atoms with van der Waals surface area (Å²) in [5.74, 6) is -0.861. The Morgan fingerprint density at radius 2 is 1.11 bits per heavy atom. The number of carbonyl (C=O) groups is 2. The molecule has 0 bridgehead atoms. The van der Waals surface area contributed by atoms with Gasteiger partial charge in [-0.2, -0.15) is 0 Å². The highest BCUT2D eigenvalue weighted by molar-refractivity contribution is 7.45. The number of allylic oxidation sites excluding steroid dienone is 4. The maximum Gasteiger partial charge on any atom is 0.306 e. The first-order valence-corrected chi connectivity index (χ1v) is 19.5. The number of phosphoric ester groups is 1. The van der Waals surface area contributed by atoms with Crippen molar-refractivity contribution in [2.75, 3.05) is 47.5 Å². The van der Waals surface area contributed by atoms with E-state index < -0.39 is 32.5 Å². The quantitative estimate of drug-likeness (QED) is 0.0230. The SMILES string of the molecule is CCCCC=CCCCCCCCC(=O)OCC(COP(=O)([O-])OCC[N+](C)(C)C)OC(=O)CCCCCCCC=CCCCC. The lowest BCUT2D eigenvalue weighted by molar-refractivity contribution is -0.870. The predicted molar refractivity (Wildman–Crippen MR) is 185 cm³/mol. The minimum atomic E-state index is -4.61. The molecule has 0 aliphatic carbocycles. The maximum absolute atomic E-state index is 12.5. The Hall–Kier alpha value is -1.51. The van der Waals surface area contributed by atoms with E-state index in [4.69, 9.17) is 18.5 Å². The van der Waals surface area contributed by atoms with E-state index in [1.54, 1.807) is 0 Å². The molecule has 0 heterocycles. The van der Waals surface area contributed by atoms with Crippen molar-refractivity contribution < 1.29 is 42.1 Å². The molecule has 2 unspecified atom stereocenters. The second kappa shape index (κ2) is 29.6. The van der Waals surface area contributed by atoms with Gasteiger partial charge >= 0.3 is 11.9 Å². The first-order chi connectivity index (χ1) is 22.0. The van der Waals surface area contributed by atoms with Crippen LogP contribution in [0.25, 0.3) is 0 Å². The molecule has 0 fully saturated rings. The molecule has 0 aromatic heterocycles. The number of quaternary nitrogens is 1. The van der Waals surface area contributed by atoms with Crippen molar-refractivity contribution in [3.63, 3.8) is 0 Å². The fraction of sp³-hybridized carbons (Fsp3) is 0.833. The molecule has 0 rings (SSSR count). The molecular formula is C36H68NO8P.